The van der Waals surface area contributed by atoms with Gasteiger partial charge in [0.15, 0.2) is 5.78 Å². The van der Waals surface area contributed by atoms with Crippen LogP contribution in [-0.4, -0.2) is 42.0 Å². The molecule has 1 N–H and O–H groups in total. The fourth-order valence-corrected chi connectivity index (χ4v) is 4.89. The number of phenols is 1. The van der Waals surface area contributed by atoms with Crippen LogP contribution in [-0.2, 0) is 6.42 Å². The summed E-state index contributed by atoms with van der Waals surface area (Å²) in [4.78, 5) is 16.2. The van der Waals surface area contributed by atoms with Gasteiger partial charge in [0.05, 0.1) is 0 Å². The monoisotopic (exact) mass is 439 g/mol. The zero-order valence-corrected chi connectivity index (χ0v) is 18.8. The number of carbonyl (C=O) groups excluding carboxylic acids is 1. The number of aryl methyl sites for hydroxylation is 1. The van der Waals surface area contributed by atoms with E-state index in [1.165, 1.54) is 18.4 Å². The Hall–Kier alpha value is -3.37. The number of fused-ring (bicyclic) bond motifs is 1. The summed E-state index contributed by atoms with van der Waals surface area (Å²) in [7, 11) is 0. The molecule has 1 saturated heterocycles. The summed E-state index contributed by atoms with van der Waals surface area (Å²) in [6, 6.07) is 22.8. The molecule has 0 radical (unpaired) electrons. The lowest BCUT2D eigenvalue weighted by Gasteiger charge is -2.23. The molecule has 2 aliphatic rings. The third kappa shape index (κ3) is 4.71. The number of Topliss-reactive ketones (excluding diaryl/α,β-unsaturated/α-hetero) is 1. The molecule has 4 heteroatoms. The summed E-state index contributed by atoms with van der Waals surface area (Å²) in [6.07, 6.45) is 4.25. The van der Waals surface area contributed by atoms with Crippen molar-refractivity contribution < 1.29 is 14.6 Å². The van der Waals surface area contributed by atoms with Crippen LogP contribution in [0.2, 0.25) is 0 Å². The number of carbonyl (C=O) groups is 1. The Morgan fingerprint density at radius 2 is 1.61 bits per heavy atom. The highest BCUT2D eigenvalue weighted by molar-refractivity contribution is 6.35. The van der Waals surface area contributed by atoms with Gasteiger partial charge in [-0.2, -0.15) is 0 Å². The Bertz CT molecular complexity index is 1160. The van der Waals surface area contributed by atoms with Gasteiger partial charge in [-0.25, -0.2) is 0 Å². The second kappa shape index (κ2) is 9.63. The predicted octanol–water partition coefficient (Wildman–Crippen LogP) is 5.61. The van der Waals surface area contributed by atoms with Gasteiger partial charge in [-0.05, 0) is 97.4 Å². The number of phenolic OH excluding ortho intramolecular Hbond substituents is 1. The largest absolute Gasteiger partial charge is 0.508 e. The van der Waals surface area contributed by atoms with Gasteiger partial charge in [0.1, 0.15) is 18.1 Å². The number of nitrogens with zero attached hydrogens (tertiary/aromatic N) is 1. The second-order valence-electron chi connectivity index (χ2n) is 8.81. The van der Waals surface area contributed by atoms with Crippen molar-refractivity contribution in [2.24, 2.45) is 0 Å². The van der Waals surface area contributed by atoms with Crippen LogP contribution < -0.4 is 4.74 Å². The number of hydrogen-bond donors (Lipinski definition) is 1. The number of allylic oxidation sites excluding steroid dienone is 2. The van der Waals surface area contributed by atoms with Crippen molar-refractivity contribution in [3.05, 3.63) is 95.1 Å². The van der Waals surface area contributed by atoms with Crippen molar-refractivity contribution in [3.8, 4) is 11.5 Å². The van der Waals surface area contributed by atoms with Gasteiger partial charge in [-0.1, -0.05) is 36.4 Å². The minimum absolute atomic E-state index is 0.0221. The summed E-state index contributed by atoms with van der Waals surface area (Å²) in [5.74, 6) is 1.04. The number of likely N-dealkylation sites (tertiary alicyclic amines) is 1. The maximum Gasteiger partial charge on any atom is 0.193 e. The Balaban J connectivity index is 1.41. The van der Waals surface area contributed by atoms with Crippen molar-refractivity contribution >= 4 is 16.9 Å². The Kier molecular flexibility index (Phi) is 6.27. The second-order valence-corrected chi connectivity index (χ2v) is 8.81. The third-order valence-electron chi connectivity index (χ3n) is 6.67. The number of benzene rings is 3. The molecule has 1 heterocycles. The minimum Gasteiger partial charge on any atom is -0.508 e. The topological polar surface area (TPSA) is 49.8 Å². The first-order valence-corrected chi connectivity index (χ1v) is 11.8. The molecule has 0 spiro atoms. The van der Waals surface area contributed by atoms with Crippen molar-refractivity contribution in [2.75, 3.05) is 26.2 Å². The molecule has 5 rings (SSSR count). The maximum absolute atomic E-state index is 13.8. The molecule has 4 nitrogen and oxygen atoms in total. The highest BCUT2D eigenvalue weighted by Crippen LogP contribution is 2.39. The van der Waals surface area contributed by atoms with Crippen LogP contribution >= 0.6 is 0 Å². The van der Waals surface area contributed by atoms with Crippen molar-refractivity contribution in [1.29, 1.82) is 0 Å². The molecular weight excluding hydrogens is 410 g/mol. The van der Waals surface area contributed by atoms with Gasteiger partial charge in [0.2, 0.25) is 0 Å². The summed E-state index contributed by atoms with van der Waals surface area (Å²) < 4.78 is 5.92. The summed E-state index contributed by atoms with van der Waals surface area (Å²) in [5, 5.41) is 9.72. The lowest BCUT2D eigenvalue weighted by Crippen LogP contribution is -2.25. The Labute approximate surface area is 195 Å². The van der Waals surface area contributed by atoms with Crippen molar-refractivity contribution in [3.63, 3.8) is 0 Å². The molecule has 1 aliphatic heterocycles. The number of rotatable bonds is 7. The van der Waals surface area contributed by atoms with Gasteiger partial charge in [-0.3, -0.25) is 9.69 Å². The predicted molar refractivity (Wildman–Crippen MR) is 132 cm³/mol. The molecular formula is C29H29NO3. The first-order valence-electron chi connectivity index (χ1n) is 11.8. The van der Waals surface area contributed by atoms with Crippen LogP contribution in [0.25, 0.3) is 11.1 Å². The summed E-state index contributed by atoms with van der Waals surface area (Å²) in [6.45, 7) is 3.94. The van der Waals surface area contributed by atoms with Gasteiger partial charge < -0.3 is 9.84 Å². The van der Waals surface area contributed by atoms with Crippen LogP contribution in [0.5, 0.6) is 11.5 Å². The molecule has 3 aromatic rings. The SMILES string of the molecule is O=C(C1=C(c2ccc(O)cc2)CCc2ccccc21)c1ccc(OCCN2CCCC2)cc1. The normalized spacial score (nSPS) is 16.0. The van der Waals surface area contributed by atoms with E-state index in [1.54, 1.807) is 12.1 Å². The first kappa shape index (κ1) is 21.5. The molecule has 0 bridgehead atoms. The number of ketones is 1. The van der Waals surface area contributed by atoms with E-state index in [-0.39, 0.29) is 11.5 Å². The van der Waals surface area contributed by atoms with Gasteiger partial charge >= 0.3 is 0 Å². The van der Waals surface area contributed by atoms with E-state index in [9.17, 15) is 9.90 Å². The fraction of sp³-hybridized carbons (Fsp3) is 0.276. The van der Waals surface area contributed by atoms with Crippen molar-refractivity contribution in [1.82, 2.24) is 4.90 Å². The average molecular weight is 440 g/mol. The number of hydrogen-bond acceptors (Lipinski definition) is 4. The number of aromatic hydroxyl groups is 1. The standard InChI is InChI=1S/C29H29NO3/c31-24-12-7-22(8-13-24)27-16-11-21-5-1-2-6-26(21)28(27)29(32)23-9-14-25(15-10-23)33-20-19-30-17-3-4-18-30/h1-2,5-10,12-15,31H,3-4,11,16-20H2. The molecule has 1 fully saturated rings. The third-order valence-corrected chi connectivity index (χ3v) is 6.67. The van der Waals surface area contributed by atoms with Gasteiger partial charge in [0.25, 0.3) is 0 Å². The molecule has 0 amide bonds. The van der Waals surface area contributed by atoms with E-state index in [4.69, 9.17) is 4.74 Å². The number of ether oxygens (including phenoxy) is 1. The zero-order chi connectivity index (χ0) is 22.6. The average Bonchev–Trinajstić information content (AvgIpc) is 3.37. The Morgan fingerprint density at radius 1 is 0.879 bits per heavy atom. The van der Waals surface area contributed by atoms with E-state index >= 15 is 0 Å². The van der Waals surface area contributed by atoms with Gasteiger partial charge in [-0.15, -0.1) is 0 Å². The molecule has 0 aromatic heterocycles. The van der Waals surface area contributed by atoms with E-state index in [2.05, 4.69) is 11.0 Å². The molecule has 3 aromatic carbocycles. The molecule has 0 atom stereocenters. The van der Waals surface area contributed by atoms with E-state index < -0.39 is 0 Å². The highest BCUT2D eigenvalue weighted by atomic mass is 16.5. The highest BCUT2D eigenvalue weighted by Gasteiger charge is 2.26. The quantitative estimate of drug-likeness (QED) is 0.487. The summed E-state index contributed by atoms with van der Waals surface area (Å²) >= 11 is 0. The minimum atomic E-state index is 0.0221. The van der Waals surface area contributed by atoms with Crippen LogP contribution in [0, 0.1) is 0 Å². The smallest absolute Gasteiger partial charge is 0.193 e. The van der Waals surface area contributed by atoms with Gasteiger partial charge in [0, 0.05) is 17.7 Å². The van der Waals surface area contributed by atoms with Crippen LogP contribution in [0.15, 0.2) is 72.8 Å². The lowest BCUT2D eigenvalue weighted by molar-refractivity contribution is 0.105. The Morgan fingerprint density at radius 3 is 2.36 bits per heavy atom. The molecule has 1 aliphatic carbocycles. The van der Waals surface area contributed by atoms with Crippen LogP contribution in [0.1, 0.15) is 46.3 Å². The van der Waals surface area contributed by atoms with E-state index in [0.29, 0.717) is 12.2 Å². The maximum atomic E-state index is 13.8. The molecule has 33 heavy (non-hydrogen) atoms. The molecule has 0 saturated carbocycles. The van der Waals surface area contributed by atoms with Crippen LogP contribution in [0.4, 0.5) is 0 Å². The zero-order valence-electron chi connectivity index (χ0n) is 18.8. The van der Waals surface area contributed by atoms with Crippen LogP contribution in [0.3, 0.4) is 0 Å². The molecule has 0 unspecified atom stereocenters. The van der Waals surface area contributed by atoms with E-state index in [1.807, 2.05) is 54.6 Å². The first-order chi connectivity index (χ1) is 16.2. The molecule has 168 valence electrons. The fourth-order valence-electron chi connectivity index (χ4n) is 4.89. The van der Waals surface area contributed by atoms with Crippen molar-refractivity contribution in [2.45, 2.75) is 25.7 Å². The van der Waals surface area contributed by atoms with E-state index in [0.717, 1.165) is 60.5 Å². The summed E-state index contributed by atoms with van der Waals surface area (Å²) in [5.41, 5.74) is 5.63. The lowest BCUT2D eigenvalue weighted by atomic mass is 9.79.